The van der Waals surface area contributed by atoms with Gasteiger partial charge in [-0.2, -0.15) is 0 Å². The SMILES string of the molecule is CC(C)(C)OC(=O)n1c(SC(Br)C(=O)Nc2ccccc2)nnc1-c1ccccc1. The molecule has 1 aromatic heterocycles. The molecule has 0 saturated carbocycles. The van der Waals surface area contributed by atoms with Crippen LogP contribution in [0.2, 0.25) is 0 Å². The largest absolute Gasteiger partial charge is 0.443 e. The molecule has 7 nitrogen and oxygen atoms in total. The Morgan fingerprint density at radius 2 is 1.63 bits per heavy atom. The smallest absolute Gasteiger partial charge is 0.422 e. The van der Waals surface area contributed by atoms with E-state index in [-0.39, 0.29) is 11.1 Å². The molecule has 1 unspecified atom stereocenters. The fourth-order valence-corrected chi connectivity index (χ4v) is 3.78. The molecule has 1 atom stereocenters. The second kappa shape index (κ2) is 9.44. The van der Waals surface area contributed by atoms with Crippen molar-refractivity contribution in [2.75, 3.05) is 5.32 Å². The van der Waals surface area contributed by atoms with Gasteiger partial charge in [-0.3, -0.25) is 4.79 Å². The number of thioether (sulfide) groups is 1. The monoisotopic (exact) mass is 488 g/mol. The van der Waals surface area contributed by atoms with Crippen LogP contribution in [0.3, 0.4) is 0 Å². The van der Waals surface area contributed by atoms with Gasteiger partial charge in [0.1, 0.15) is 9.76 Å². The normalized spacial score (nSPS) is 12.3. The Hall–Kier alpha value is -2.65. The van der Waals surface area contributed by atoms with Crippen LogP contribution in [0.1, 0.15) is 20.8 Å². The number of benzene rings is 2. The minimum Gasteiger partial charge on any atom is -0.443 e. The van der Waals surface area contributed by atoms with Gasteiger partial charge in [0, 0.05) is 11.3 Å². The van der Waals surface area contributed by atoms with Crippen molar-refractivity contribution in [3.05, 3.63) is 60.7 Å². The highest BCUT2D eigenvalue weighted by atomic mass is 79.9. The average Bonchev–Trinajstić information content (AvgIpc) is 3.12. The molecule has 1 N–H and O–H groups in total. The van der Waals surface area contributed by atoms with Crippen molar-refractivity contribution in [2.24, 2.45) is 0 Å². The summed E-state index contributed by atoms with van der Waals surface area (Å²) < 4.78 is 6.12. The van der Waals surface area contributed by atoms with Gasteiger partial charge in [-0.05, 0) is 32.9 Å². The zero-order chi connectivity index (χ0) is 21.7. The highest BCUT2D eigenvalue weighted by Gasteiger charge is 2.28. The van der Waals surface area contributed by atoms with E-state index in [2.05, 4.69) is 31.4 Å². The van der Waals surface area contributed by atoms with E-state index in [0.717, 1.165) is 11.8 Å². The number of rotatable bonds is 5. The summed E-state index contributed by atoms with van der Waals surface area (Å²) in [7, 11) is 0. The van der Waals surface area contributed by atoms with Gasteiger partial charge in [0.15, 0.2) is 5.82 Å². The molecule has 1 amide bonds. The Kier molecular flexibility index (Phi) is 6.94. The minimum absolute atomic E-state index is 0.244. The number of ether oxygens (including phenoxy) is 1. The van der Waals surface area contributed by atoms with Crippen molar-refractivity contribution in [3.63, 3.8) is 0 Å². The molecule has 0 aliphatic rings. The van der Waals surface area contributed by atoms with Gasteiger partial charge < -0.3 is 10.1 Å². The first kappa shape index (κ1) is 22.0. The lowest BCUT2D eigenvalue weighted by atomic mass is 10.2. The van der Waals surface area contributed by atoms with Crippen LogP contribution in [-0.2, 0) is 9.53 Å². The summed E-state index contributed by atoms with van der Waals surface area (Å²) in [6, 6.07) is 18.3. The van der Waals surface area contributed by atoms with Crippen LogP contribution in [-0.4, -0.2) is 36.5 Å². The van der Waals surface area contributed by atoms with Crippen molar-refractivity contribution < 1.29 is 14.3 Å². The topological polar surface area (TPSA) is 86.1 Å². The van der Waals surface area contributed by atoms with Gasteiger partial charge in [-0.25, -0.2) is 9.36 Å². The molecule has 156 valence electrons. The molecule has 0 saturated heterocycles. The van der Waals surface area contributed by atoms with Crippen molar-refractivity contribution in [2.45, 2.75) is 35.7 Å². The number of nitrogens with zero attached hydrogens (tertiary/aromatic N) is 3. The second-order valence-corrected chi connectivity index (χ2v) is 9.87. The Bertz CT molecular complexity index is 1020. The molecule has 30 heavy (non-hydrogen) atoms. The number of amides is 1. The summed E-state index contributed by atoms with van der Waals surface area (Å²) in [5, 5.41) is 11.4. The summed E-state index contributed by atoms with van der Waals surface area (Å²) in [6.45, 7) is 5.35. The minimum atomic E-state index is -0.702. The molecule has 1 heterocycles. The third kappa shape index (κ3) is 5.70. The van der Waals surface area contributed by atoms with E-state index in [4.69, 9.17) is 4.74 Å². The number of hydrogen-bond donors (Lipinski definition) is 1. The molecule has 9 heteroatoms. The van der Waals surface area contributed by atoms with Gasteiger partial charge in [-0.15, -0.1) is 10.2 Å². The Morgan fingerprint density at radius 1 is 1.03 bits per heavy atom. The fourth-order valence-electron chi connectivity index (χ4n) is 2.46. The summed E-state index contributed by atoms with van der Waals surface area (Å²) >= 11 is 4.43. The average molecular weight is 489 g/mol. The van der Waals surface area contributed by atoms with E-state index in [1.807, 2.05) is 48.5 Å². The molecule has 0 aliphatic heterocycles. The van der Waals surface area contributed by atoms with E-state index < -0.39 is 15.9 Å². The highest BCUT2D eigenvalue weighted by Crippen LogP contribution is 2.31. The van der Waals surface area contributed by atoms with E-state index in [0.29, 0.717) is 17.1 Å². The number of anilines is 1. The van der Waals surface area contributed by atoms with Crippen LogP contribution >= 0.6 is 27.7 Å². The van der Waals surface area contributed by atoms with Gasteiger partial charge in [0.2, 0.25) is 11.1 Å². The van der Waals surface area contributed by atoms with Crippen LogP contribution in [0.4, 0.5) is 10.5 Å². The van der Waals surface area contributed by atoms with Gasteiger partial charge >= 0.3 is 6.09 Å². The van der Waals surface area contributed by atoms with Crippen molar-refractivity contribution in [3.8, 4) is 11.4 Å². The first-order valence-corrected chi connectivity index (χ1v) is 10.9. The quantitative estimate of drug-likeness (QED) is 0.393. The first-order valence-electron chi connectivity index (χ1n) is 9.15. The molecular formula is C21H21BrN4O3S. The van der Waals surface area contributed by atoms with E-state index >= 15 is 0 Å². The maximum atomic E-state index is 12.9. The standard InChI is InChI=1S/C21H21BrN4O3S/c1-21(2,3)29-20(28)26-17(14-10-6-4-7-11-14)24-25-19(26)30-16(22)18(27)23-15-12-8-5-9-13-15/h4-13,16H,1-3H3,(H,23,27). The number of halogens is 1. The zero-order valence-electron chi connectivity index (χ0n) is 16.7. The van der Waals surface area contributed by atoms with Crippen LogP contribution in [0.5, 0.6) is 0 Å². The van der Waals surface area contributed by atoms with E-state index in [9.17, 15) is 9.59 Å². The van der Waals surface area contributed by atoms with Gasteiger partial charge in [0.25, 0.3) is 0 Å². The summed E-state index contributed by atoms with van der Waals surface area (Å²) in [5.41, 5.74) is 0.684. The molecular weight excluding hydrogens is 468 g/mol. The highest BCUT2D eigenvalue weighted by molar-refractivity contribution is 9.11. The first-order chi connectivity index (χ1) is 14.2. The molecule has 3 rings (SSSR count). The van der Waals surface area contributed by atoms with Crippen LogP contribution in [0.25, 0.3) is 11.4 Å². The number of alkyl halides is 1. The Morgan fingerprint density at radius 3 is 2.23 bits per heavy atom. The molecule has 2 aromatic carbocycles. The maximum absolute atomic E-state index is 12.9. The summed E-state index contributed by atoms with van der Waals surface area (Å²) in [5.74, 6) is 0.0571. The zero-order valence-corrected chi connectivity index (χ0v) is 19.1. The number of carbonyl (C=O) groups excluding carboxylic acids is 2. The summed E-state index contributed by atoms with van der Waals surface area (Å²) in [6.07, 6.45) is -0.614. The second-order valence-electron chi connectivity index (χ2n) is 7.28. The number of carbonyl (C=O) groups is 2. The predicted molar refractivity (Wildman–Crippen MR) is 121 cm³/mol. The van der Waals surface area contributed by atoms with Gasteiger partial charge in [-0.1, -0.05) is 76.2 Å². The number of nitrogens with one attached hydrogen (secondary N) is 1. The molecule has 0 radical (unpaired) electrons. The van der Waals surface area contributed by atoms with Crippen LogP contribution in [0, 0.1) is 0 Å². The number of hydrogen-bond acceptors (Lipinski definition) is 6. The van der Waals surface area contributed by atoms with E-state index in [1.165, 1.54) is 4.57 Å². The maximum Gasteiger partial charge on any atom is 0.422 e. The third-order valence-corrected chi connectivity index (χ3v) is 5.57. The molecule has 0 aliphatic carbocycles. The Balaban J connectivity index is 1.87. The van der Waals surface area contributed by atoms with Crippen LogP contribution < -0.4 is 5.32 Å². The predicted octanol–water partition coefficient (Wildman–Crippen LogP) is 5.18. The van der Waals surface area contributed by atoms with Crippen LogP contribution in [0.15, 0.2) is 65.8 Å². The molecule has 0 spiro atoms. The van der Waals surface area contributed by atoms with Gasteiger partial charge in [0.05, 0.1) is 0 Å². The molecule has 0 bridgehead atoms. The lowest BCUT2D eigenvalue weighted by Crippen LogP contribution is -2.28. The number of para-hydroxylation sites is 1. The lowest BCUT2D eigenvalue weighted by Gasteiger charge is -2.20. The third-order valence-electron chi connectivity index (χ3n) is 3.70. The molecule has 0 fully saturated rings. The lowest BCUT2D eigenvalue weighted by molar-refractivity contribution is -0.114. The Labute approximate surface area is 187 Å². The number of aromatic nitrogens is 3. The van der Waals surface area contributed by atoms with Crippen molar-refractivity contribution in [1.82, 2.24) is 14.8 Å². The van der Waals surface area contributed by atoms with E-state index in [1.54, 1.807) is 32.9 Å². The molecule has 3 aromatic rings. The summed E-state index contributed by atoms with van der Waals surface area (Å²) in [4.78, 5) is 25.5. The van der Waals surface area contributed by atoms with Crippen molar-refractivity contribution in [1.29, 1.82) is 0 Å². The van der Waals surface area contributed by atoms with Crippen molar-refractivity contribution >= 4 is 45.4 Å². The fraction of sp³-hybridized carbons (Fsp3) is 0.238.